The summed E-state index contributed by atoms with van der Waals surface area (Å²) in [5.41, 5.74) is 15.4. The predicted molar refractivity (Wildman–Crippen MR) is 232 cm³/mol. The summed E-state index contributed by atoms with van der Waals surface area (Å²) < 4.78 is 48.5. The Labute approximate surface area is 367 Å². The Hall–Kier alpha value is -3.02. The summed E-state index contributed by atoms with van der Waals surface area (Å²) >= 11 is 15.5. The van der Waals surface area contributed by atoms with Crippen molar-refractivity contribution in [3.8, 4) is 0 Å². The average Bonchev–Trinajstić information content (AvgIpc) is 3.76. The highest BCUT2D eigenvalue weighted by atomic mass is 32.5. The van der Waals surface area contributed by atoms with Gasteiger partial charge in [0.1, 0.15) is 36.4 Å². The largest absolute Gasteiger partial charge is 0.383 e. The third-order valence-corrected chi connectivity index (χ3v) is 13.9. The van der Waals surface area contributed by atoms with Crippen LogP contribution in [0.2, 0.25) is 0 Å². The zero-order valence-electron chi connectivity index (χ0n) is 33.3. The maximum atomic E-state index is 12.7. The molecule has 1 aliphatic heterocycles. The number of fused-ring (bicyclic) bond motifs is 1. The molecule has 4 aromatic rings. The van der Waals surface area contributed by atoms with Gasteiger partial charge in [-0.25, -0.2) is 14.6 Å². The van der Waals surface area contributed by atoms with E-state index in [9.17, 15) is 34.2 Å². The molecule has 0 radical (unpaired) electrons. The number of nitrogen functional groups attached to an aromatic ring is 3. The van der Waals surface area contributed by atoms with Crippen molar-refractivity contribution in [2.24, 2.45) is 0 Å². The summed E-state index contributed by atoms with van der Waals surface area (Å²) in [5, 5.41) is 10.7. The summed E-state index contributed by atoms with van der Waals surface area (Å²) in [7, 11) is 1.19. The number of aliphatic hydroxyl groups excluding tert-OH is 1. The van der Waals surface area contributed by atoms with E-state index in [0.29, 0.717) is 5.56 Å². The molecule has 344 valence electrons. The molecule has 0 saturated carbocycles. The van der Waals surface area contributed by atoms with E-state index in [4.69, 9.17) is 89.2 Å². The maximum absolute atomic E-state index is 12.7. The molecule has 5 heterocycles. The lowest BCUT2D eigenvalue weighted by Gasteiger charge is -2.27. The Bertz CT molecular complexity index is 2550. The number of aromatic nitrogens is 8. The molecule has 1 aliphatic rings. The van der Waals surface area contributed by atoms with Crippen LogP contribution in [0.5, 0.6) is 0 Å². The van der Waals surface area contributed by atoms with Crippen LogP contribution in [-0.2, 0) is 72.0 Å². The van der Waals surface area contributed by atoms with Crippen molar-refractivity contribution < 1.29 is 56.4 Å². The standard InChI is InChI=1S/C30H46N11O15P3S3/c1-15-12-40(30(45)36-25(15)32)21(42)9-16(2)55-59(48,62)52-13-19-18(11-23(53-19)41-14-34-24-26(41)37-28(33)38-27(24)43)56-58(47,61)51-8-7-50-22(10-17(3)54-57(46,60)49-4)39-6-5-20(31)35-29(39)44/h5-6,12,14,16-19,21-23,42H,7-11,13H2,1-4H3,(H,46,60)(H,47,61)(H,48,62)(H2,31,35,44)(H2,32,36,45)(H3,33,37,38,43)/t16?,17?,18?,19-,21-,22?,23-,57?,58?,59?/m1/s1. The quantitative estimate of drug-likeness (QED) is 0.0387. The van der Waals surface area contributed by atoms with Gasteiger partial charge in [0.2, 0.25) is 5.95 Å². The fourth-order valence-electron chi connectivity index (χ4n) is 6.00. The Morgan fingerprint density at radius 2 is 1.63 bits per heavy atom. The maximum Gasteiger partial charge on any atom is 0.351 e. The number of hydrogen-bond donors (Lipinski definition) is 8. The van der Waals surface area contributed by atoms with E-state index in [1.54, 1.807) is 13.8 Å². The Morgan fingerprint density at radius 1 is 0.952 bits per heavy atom. The zero-order chi connectivity index (χ0) is 45.7. The first-order chi connectivity index (χ1) is 29.0. The molecule has 32 heteroatoms. The second-order valence-electron chi connectivity index (χ2n) is 13.7. The Balaban J connectivity index is 1.27. The fourth-order valence-corrected chi connectivity index (χ4v) is 10.1. The van der Waals surface area contributed by atoms with Crippen molar-refractivity contribution in [3.05, 3.63) is 61.7 Å². The van der Waals surface area contributed by atoms with Crippen LogP contribution in [0.15, 0.2) is 39.2 Å². The van der Waals surface area contributed by atoms with Gasteiger partial charge in [0, 0.05) is 44.3 Å². The number of hydrogen-bond acceptors (Lipinski definition) is 22. The van der Waals surface area contributed by atoms with E-state index in [1.165, 1.54) is 43.4 Å². The van der Waals surface area contributed by atoms with Crippen LogP contribution in [0.1, 0.15) is 57.4 Å². The second-order valence-corrected chi connectivity index (χ2v) is 22.1. The summed E-state index contributed by atoms with van der Waals surface area (Å²) in [6.07, 6.45) is -3.81. The fraction of sp³-hybridized carbons (Fsp3) is 0.567. The van der Waals surface area contributed by atoms with Gasteiger partial charge in [0.15, 0.2) is 11.2 Å². The second kappa shape index (κ2) is 20.9. The molecular formula is C30H46N11O15P3S3. The van der Waals surface area contributed by atoms with E-state index < -0.39 is 86.8 Å². The van der Waals surface area contributed by atoms with E-state index in [2.05, 4.69) is 24.9 Å². The lowest BCUT2D eigenvalue weighted by atomic mass is 10.2. The van der Waals surface area contributed by atoms with Crippen molar-refractivity contribution in [1.29, 1.82) is 0 Å². The minimum Gasteiger partial charge on any atom is -0.383 e. The molecule has 5 rings (SSSR count). The molecule has 0 spiro atoms. The Kier molecular flexibility index (Phi) is 16.8. The van der Waals surface area contributed by atoms with Gasteiger partial charge in [-0.05, 0) is 62.3 Å². The van der Waals surface area contributed by atoms with Gasteiger partial charge >= 0.3 is 31.5 Å². The number of aliphatic hydroxyl groups is 1. The minimum absolute atomic E-state index is 0.00899. The van der Waals surface area contributed by atoms with Gasteiger partial charge in [0.05, 0.1) is 44.5 Å². The smallest absolute Gasteiger partial charge is 0.351 e. The summed E-state index contributed by atoms with van der Waals surface area (Å²) in [5.74, 6) is -0.215. The lowest BCUT2D eigenvalue weighted by Crippen LogP contribution is -2.31. The highest BCUT2D eigenvalue weighted by molar-refractivity contribution is 8.07. The third kappa shape index (κ3) is 13.5. The van der Waals surface area contributed by atoms with Crippen LogP contribution in [0.25, 0.3) is 11.2 Å². The van der Waals surface area contributed by atoms with Crippen LogP contribution >= 0.6 is 20.2 Å². The number of nitrogens with zero attached hydrogens (tertiary/aromatic N) is 7. The highest BCUT2D eigenvalue weighted by Gasteiger charge is 2.42. The molecule has 10 atom stereocenters. The lowest BCUT2D eigenvalue weighted by molar-refractivity contribution is -0.0473. The first-order valence-corrected chi connectivity index (χ1v) is 26.0. The molecule has 0 amide bonds. The number of aryl methyl sites for hydroxylation is 1. The average molecular weight is 990 g/mol. The molecule has 1 fully saturated rings. The Morgan fingerprint density at radius 3 is 2.32 bits per heavy atom. The number of nitrogens with one attached hydrogen (secondary N) is 1. The van der Waals surface area contributed by atoms with Crippen molar-refractivity contribution in [1.82, 2.24) is 38.6 Å². The van der Waals surface area contributed by atoms with Crippen LogP contribution in [0, 0.1) is 6.92 Å². The highest BCUT2D eigenvalue weighted by Crippen LogP contribution is 2.51. The van der Waals surface area contributed by atoms with Gasteiger partial charge in [0.25, 0.3) is 5.56 Å². The number of H-pyrrole nitrogens is 1. The van der Waals surface area contributed by atoms with E-state index in [1.807, 2.05) is 0 Å². The minimum atomic E-state index is -4.15. The van der Waals surface area contributed by atoms with Crippen molar-refractivity contribution in [3.63, 3.8) is 0 Å². The summed E-state index contributed by atoms with van der Waals surface area (Å²) in [4.78, 5) is 87.9. The molecule has 4 aromatic heterocycles. The molecular weight excluding hydrogens is 944 g/mol. The number of rotatable bonds is 22. The van der Waals surface area contributed by atoms with Gasteiger partial charge in [-0.1, -0.05) is 0 Å². The molecule has 7 unspecified atom stereocenters. The zero-order valence-corrected chi connectivity index (χ0v) is 38.4. The van der Waals surface area contributed by atoms with Crippen LogP contribution in [0.4, 0.5) is 17.6 Å². The number of imidazole rings is 1. The molecule has 0 bridgehead atoms. The monoisotopic (exact) mass is 989 g/mol. The van der Waals surface area contributed by atoms with Gasteiger partial charge in [-0.15, -0.1) is 0 Å². The summed E-state index contributed by atoms with van der Waals surface area (Å²) in [6, 6.07) is 1.37. The van der Waals surface area contributed by atoms with E-state index in [-0.39, 0.29) is 61.2 Å². The topological polar surface area (TPSA) is 366 Å². The molecule has 62 heavy (non-hydrogen) atoms. The number of anilines is 3. The number of aromatic amines is 1. The first kappa shape index (κ1) is 50.0. The molecule has 0 aliphatic carbocycles. The predicted octanol–water partition coefficient (Wildman–Crippen LogP) is 0.288. The normalized spacial score (nSPS) is 21.8. The van der Waals surface area contributed by atoms with Crippen molar-refractivity contribution in [2.75, 3.05) is 44.1 Å². The van der Waals surface area contributed by atoms with Gasteiger partial charge < -0.3 is 73.6 Å². The van der Waals surface area contributed by atoms with Crippen molar-refractivity contribution in [2.45, 2.75) is 83.1 Å². The molecule has 1 saturated heterocycles. The number of ether oxygens (including phenoxy) is 2. The van der Waals surface area contributed by atoms with E-state index >= 15 is 0 Å². The van der Waals surface area contributed by atoms with Gasteiger partial charge in [-0.2, -0.15) is 15.0 Å². The number of nitrogens with two attached hydrogens (primary N) is 3. The molecule has 0 aromatic carbocycles. The van der Waals surface area contributed by atoms with Crippen LogP contribution in [0.3, 0.4) is 0 Å². The molecule has 11 N–H and O–H groups in total. The molecule has 26 nitrogen and oxygen atoms in total. The van der Waals surface area contributed by atoms with Crippen LogP contribution in [-0.4, -0.2) is 110 Å². The van der Waals surface area contributed by atoms with Crippen LogP contribution < -0.4 is 34.1 Å². The first-order valence-electron chi connectivity index (χ1n) is 18.2. The van der Waals surface area contributed by atoms with Gasteiger partial charge in [-0.3, -0.25) is 23.5 Å². The SMILES string of the molecule is COP(O)(=S)OC(C)CC(OCCOP(O)(=S)OC1C[C@H](n2cnc3c(=O)[nH]c(N)nc32)O[C@@H]1COP(O)(=S)OC(C)C[C@@H](O)n1cc(C)c(N)nc1=O)n1ccc(N)nc1=O. The van der Waals surface area contributed by atoms with E-state index in [0.717, 1.165) is 9.13 Å². The van der Waals surface area contributed by atoms with Crippen molar-refractivity contribution >= 4 is 84.3 Å². The summed E-state index contributed by atoms with van der Waals surface area (Å²) in [6.45, 7) is -8.30. The third-order valence-electron chi connectivity index (χ3n) is 8.85.